The minimum Gasteiger partial charge on any atom is -0.456 e. The number of hydrogen-bond acceptors (Lipinski definition) is 8. The van der Waals surface area contributed by atoms with Crippen molar-refractivity contribution in [3.63, 3.8) is 0 Å². The Labute approximate surface area is 286 Å². The lowest BCUT2D eigenvalue weighted by Crippen LogP contribution is -2.56. The van der Waals surface area contributed by atoms with E-state index in [0.717, 1.165) is 50.5 Å². The number of rotatable bonds is 5. The zero-order valence-electron chi connectivity index (χ0n) is 29.7. The molecule has 9 heteroatoms. The molecule has 0 radical (unpaired) electrons. The summed E-state index contributed by atoms with van der Waals surface area (Å²) < 4.78 is 18.1. The van der Waals surface area contributed by atoms with Crippen molar-refractivity contribution in [3.8, 4) is 6.01 Å². The average Bonchev–Trinajstić information content (AvgIpc) is 3.66. The summed E-state index contributed by atoms with van der Waals surface area (Å²) in [5.74, 6) is 1.55. The maximum Gasteiger partial charge on any atom is 0.410 e. The Bertz CT molecular complexity index is 1420. The number of carbonyl (C=O) groups is 1. The molecule has 1 aliphatic heterocycles. The van der Waals surface area contributed by atoms with E-state index in [-0.39, 0.29) is 57.6 Å². The molecule has 12 unspecified atom stereocenters. The molecule has 0 bridgehead atoms. The summed E-state index contributed by atoms with van der Waals surface area (Å²) in [6.45, 7) is 17.9. The number of morpholine rings is 1. The molecule has 0 aromatic carbocycles. The average molecular weight is 664 g/mol. The van der Waals surface area contributed by atoms with E-state index in [2.05, 4.69) is 30.7 Å². The first-order chi connectivity index (χ1) is 22.7. The summed E-state index contributed by atoms with van der Waals surface area (Å²) in [7, 11) is 0. The van der Waals surface area contributed by atoms with Gasteiger partial charge in [-0.3, -0.25) is 0 Å². The van der Waals surface area contributed by atoms with Crippen LogP contribution in [-0.2, 0) is 9.47 Å². The Kier molecular flexibility index (Phi) is 7.64. The van der Waals surface area contributed by atoms with Crippen LogP contribution < -0.4 is 4.74 Å². The standard InChI is InChI=1S/C39H57N3O6/c1-23-24(32(36(4,5)45)48-33-40-16-7-17-41-33)8-9-25-29(23)31(43)30-26-10-11-27-35(2,3)28(47-34(44)42-18-20-46-21-19-42)12-13-39(27)22-38(26,39)15-14-37(25,30)6/h7,16-17,24-32,43,45H,1,8-15,18-22H2,2-6H3. The quantitative estimate of drug-likeness (QED) is 0.367. The Hall–Kier alpha value is -2.23. The van der Waals surface area contributed by atoms with Gasteiger partial charge in [-0.15, -0.1) is 0 Å². The molecule has 2 heterocycles. The summed E-state index contributed by atoms with van der Waals surface area (Å²) in [6, 6.07) is 2.02. The van der Waals surface area contributed by atoms with Crippen LogP contribution in [0, 0.1) is 57.2 Å². The number of hydrogen-bond donors (Lipinski definition) is 2. The second kappa shape index (κ2) is 11.1. The SMILES string of the molecule is C=C1C(C(Oc2ncccn2)C(C)(C)O)CCC2C1C(O)C1C3CCC4C(C)(C)C(OC(=O)N5CCOCC5)CCC45CC35CCC21C. The number of aliphatic hydroxyl groups is 2. The normalized spacial score (nSPS) is 45.1. The molecular formula is C39H57N3O6. The molecule has 1 amide bonds. The van der Waals surface area contributed by atoms with Crippen LogP contribution in [0.25, 0.3) is 0 Å². The van der Waals surface area contributed by atoms with Crippen LogP contribution in [0.1, 0.15) is 92.4 Å². The third kappa shape index (κ3) is 4.61. The largest absolute Gasteiger partial charge is 0.456 e. The zero-order valence-corrected chi connectivity index (χ0v) is 29.7. The number of aliphatic hydroxyl groups excluding tert-OH is 1. The second-order valence-electron chi connectivity index (χ2n) is 18.2. The van der Waals surface area contributed by atoms with Crippen LogP contribution in [0.2, 0.25) is 0 Å². The number of ether oxygens (including phenoxy) is 3. The molecule has 1 aromatic heterocycles. The van der Waals surface area contributed by atoms with Crippen molar-refractivity contribution in [2.24, 2.45) is 57.2 Å². The highest BCUT2D eigenvalue weighted by Gasteiger charge is 2.82. The summed E-state index contributed by atoms with van der Waals surface area (Å²) in [5.41, 5.74) is 0.437. The first kappa shape index (κ1) is 32.9. The van der Waals surface area contributed by atoms with Crippen molar-refractivity contribution in [2.45, 2.75) is 116 Å². The lowest BCUT2D eigenvalue weighted by atomic mass is 9.46. The zero-order chi connectivity index (χ0) is 33.9. The first-order valence-electron chi connectivity index (χ1n) is 18.8. The number of aromatic nitrogens is 2. The highest BCUT2D eigenvalue weighted by molar-refractivity contribution is 5.68. The van der Waals surface area contributed by atoms with Crippen LogP contribution in [0.4, 0.5) is 4.79 Å². The lowest BCUT2D eigenvalue weighted by molar-refractivity contribution is -0.145. The van der Waals surface area contributed by atoms with Crippen molar-refractivity contribution >= 4 is 6.09 Å². The maximum atomic E-state index is 13.2. The van der Waals surface area contributed by atoms with Crippen LogP contribution in [0.5, 0.6) is 6.01 Å². The van der Waals surface area contributed by atoms with Gasteiger partial charge in [0.25, 0.3) is 0 Å². The van der Waals surface area contributed by atoms with E-state index in [4.69, 9.17) is 20.8 Å². The van der Waals surface area contributed by atoms with Crippen molar-refractivity contribution in [2.75, 3.05) is 26.3 Å². The molecule has 12 atom stereocenters. The first-order valence-corrected chi connectivity index (χ1v) is 18.8. The van der Waals surface area contributed by atoms with Gasteiger partial charge in [0.2, 0.25) is 0 Å². The minimum atomic E-state index is -1.13. The highest BCUT2D eigenvalue weighted by Crippen LogP contribution is 2.87. The molecule has 2 spiro atoms. The van der Waals surface area contributed by atoms with Gasteiger partial charge in [0.05, 0.1) is 24.9 Å². The second-order valence-corrected chi connectivity index (χ2v) is 18.2. The molecule has 6 aliphatic carbocycles. The molecule has 8 rings (SSSR count). The summed E-state index contributed by atoms with van der Waals surface area (Å²) in [4.78, 5) is 23.6. The van der Waals surface area contributed by atoms with Gasteiger partial charge in [0, 0.05) is 42.7 Å². The van der Waals surface area contributed by atoms with E-state index in [0.29, 0.717) is 44.1 Å². The molecular weight excluding hydrogens is 606 g/mol. The minimum absolute atomic E-state index is 0.00163. The maximum absolute atomic E-state index is 13.2. The van der Waals surface area contributed by atoms with Gasteiger partial charge in [0.1, 0.15) is 12.2 Å². The van der Waals surface area contributed by atoms with Crippen LogP contribution in [0.3, 0.4) is 0 Å². The van der Waals surface area contributed by atoms with E-state index in [1.54, 1.807) is 32.3 Å². The van der Waals surface area contributed by atoms with Gasteiger partial charge in [-0.25, -0.2) is 14.8 Å². The van der Waals surface area contributed by atoms with Gasteiger partial charge in [0.15, 0.2) is 0 Å². The van der Waals surface area contributed by atoms with Gasteiger partial charge in [-0.2, -0.15) is 0 Å². The van der Waals surface area contributed by atoms with E-state index >= 15 is 0 Å². The van der Waals surface area contributed by atoms with Crippen LogP contribution in [0.15, 0.2) is 30.6 Å². The fraction of sp³-hybridized carbons (Fsp3) is 0.821. The molecule has 2 N–H and O–H groups in total. The molecule has 1 aromatic rings. The Balaban J connectivity index is 1.02. The Morgan fingerprint density at radius 2 is 1.73 bits per heavy atom. The molecule has 7 fully saturated rings. The van der Waals surface area contributed by atoms with Gasteiger partial charge in [-0.05, 0) is 118 Å². The van der Waals surface area contributed by atoms with Crippen molar-refractivity contribution in [3.05, 3.63) is 30.6 Å². The van der Waals surface area contributed by atoms with Crippen LogP contribution in [-0.4, -0.2) is 81.4 Å². The smallest absolute Gasteiger partial charge is 0.410 e. The third-order valence-corrected chi connectivity index (χ3v) is 15.6. The molecule has 1 saturated heterocycles. The molecule has 48 heavy (non-hydrogen) atoms. The molecule has 264 valence electrons. The monoisotopic (exact) mass is 663 g/mol. The summed E-state index contributed by atoms with van der Waals surface area (Å²) in [6.07, 6.45) is 11.9. The van der Waals surface area contributed by atoms with Gasteiger partial charge >= 0.3 is 12.1 Å². The fourth-order valence-electron chi connectivity index (χ4n) is 13.5. The Morgan fingerprint density at radius 3 is 2.44 bits per heavy atom. The molecule has 7 aliphatic rings. The number of fused-ring (bicyclic) bond motifs is 4. The predicted molar refractivity (Wildman–Crippen MR) is 180 cm³/mol. The van der Waals surface area contributed by atoms with E-state index in [1.807, 2.05) is 4.90 Å². The van der Waals surface area contributed by atoms with Crippen LogP contribution >= 0.6 is 0 Å². The third-order valence-electron chi connectivity index (χ3n) is 15.6. The Morgan fingerprint density at radius 1 is 1.02 bits per heavy atom. The topological polar surface area (TPSA) is 114 Å². The van der Waals surface area contributed by atoms with Crippen molar-refractivity contribution < 1.29 is 29.2 Å². The van der Waals surface area contributed by atoms with Gasteiger partial charge < -0.3 is 29.3 Å². The van der Waals surface area contributed by atoms with E-state index in [9.17, 15) is 15.0 Å². The fourth-order valence-corrected chi connectivity index (χ4v) is 13.5. The van der Waals surface area contributed by atoms with Crippen molar-refractivity contribution in [1.29, 1.82) is 0 Å². The molecule has 6 saturated carbocycles. The number of amides is 1. The number of nitrogens with zero attached hydrogens (tertiary/aromatic N) is 3. The molecule has 9 nitrogen and oxygen atoms in total. The van der Waals surface area contributed by atoms with E-state index in [1.165, 1.54) is 12.8 Å². The highest BCUT2D eigenvalue weighted by atomic mass is 16.6. The van der Waals surface area contributed by atoms with E-state index < -0.39 is 17.8 Å². The predicted octanol–water partition coefficient (Wildman–Crippen LogP) is 6.04. The van der Waals surface area contributed by atoms with Gasteiger partial charge in [-0.1, -0.05) is 32.9 Å². The number of carbonyl (C=O) groups excluding carboxylic acids is 1. The summed E-state index contributed by atoms with van der Waals surface area (Å²) in [5, 5.41) is 23.9. The lowest BCUT2D eigenvalue weighted by Gasteiger charge is -2.59. The van der Waals surface area contributed by atoms with Crippen molar-refractivity contribution in [1.82, 2.24) is 14.9 Å². The summed E-state index contributed by atoms with van der Waals surface area (Å²) >= 11 is 0.